The van der Waals surface area contributed by atoms with Gasteiger partial charge in [-0.05, 0) is 41.0 Å². The van der Waals surface area contributed by atoms with E-state index in [0.717, 1.165) is 22.4 Å². The highest BCUT2D eigenvalue weighted by Crippen LogP contribution is 2.19. The highest BCUT2D eigenvalue weighted by Gasteiger charge is 2.31. The molecule has 1 N–H and O–H groups in total. The van der Waals surface area contributed by atoms with Crippen LogP contribution in [0.5, 0.6) is 5.75 Å². The van der Waals surface area contributed by atoms with Crippen LogP contribution < -0.4 is 10.1 Å². The van der Waals surface area contributed by atoms with E-state index in [9.17, 15) is 9.59 Å². The van der Waals surface area contributed by atoms with Crippen molar-refractivity contribution in [3.8, 4) is 5.75 Å². The van der Waals surface area contributed by atoms with Crippen LogP contribution in [0, 0.1) is 5.92 Å². The largest absolute Gasteiger partial charge is 0.497 e. The number of nitrogens with one attached hydrogen (secondary N) is 1. The highest BCUT2D eigenvalue weighted by molar-refractivity contribution is 5.88. The zero-order valence-corrected chi connectivity index (χ0v) is 19.4. The standard InChI is InChI=1S/C27H31N3O3/c1-20(2)27(32)30(19-23-9-11-24(33-3)12-10-23)25(17-21-7-5-4-6-8-21)26(31)29-18-22-13-15-28-16-14-22/h4-16,20,25H,17-19H2,1-3H3,(H,29,31)/t25-/m1/s1. The molecule has 2 amide bonds. The molecule has 0 saturated carbocycles. The third kappa shape index (κ3) is 6.91. The number of carbonyl (C=O) groups excluding carboxylic acids is 2. The van der Waals surface area contributed by atoms with Crippen LogP contribution in [-0.4, -0.2) is 34.8 Å². The molecular formula is C27H31N3O3. The lowest BCUT2D eigenvalue weighted by atomic mass is 10.0. The van der Waals surface area contributed by atoms with Gasteiger partial charge < -0.3 is 15.0 Å². The molecule has 1 aromatic heterocycles. The molecule has 0 aliphatic heterocycles. The van der Waals surface area contributed by atoms with Gasteiger partial charge in [0.05, 0.1) is 7.11 Å². The molecule has 0 spiro atoms. The summed E-state index contributed by atoms with van der Waals surface area (Å²) in [5.41, 5.74) is 2.89. The Kier molecular flexibility index (Phi) is 8.58. The van der Waals surface area contributed by atoms with Crippen molar-refractivity contribution in [2.45, 2.75) is 39.4 Å². The molecule has 0 saturated heterocycles. The van der Waals surface area contributed by atoms with Gasteiger partial charge in [-0.1, -0.05) is 56.3 Å². The minimum Gasteiger partial charge on any atom is -0.497 e. The Balaban J connectivity index is 1.88. The van der Waals surface area contributed by atoms with Gasteiger partial charge in [-0.25, -0.2) is 0 Å². The van der Waals surface area contributed by atoms with E-state index in [1.54, 1.807) is 24.4 Å². The molecule has 0 fully saturated rings. The Morgan fingerprint density at radius 1 is 0.909 bits per heavy atom. The summed E-state index contributed by atoms with van der Waals surface area (Å²) >= 11 is 0. The molecule has 0 radical (unpaired) electrons. The van der Waals surface area contributed by atoms with Gasteiger partial charge in [-0.2, -0.15) is 0 Å². The molecule has 0 aliphatic rings. The SMILES string of the molecule is COc1ccc(CN(C(=O)C(C)C)[C@H](Cc2ccccc2)C(=O)NCc2ccncc2)cc1. The minimum atomic E-state index is -0.647. The molecule has 1 heterocycles. The van der Waals surface area contributed by atoms with Crippen molar-refractivity contribution in [2.24, 2.45) is 5.92 Å². The first-order valence-corrected chi connectivity index (χ1v) is 11.1. The summed E-state index contributed by atoms with van der Waals surface area (Å²) in [6.07, 6.45) is 3.82. The summed E-state index contributed by atoms with van der Waals surface area (Å²) in [7, 11) is 1.62. The molecule has 3 rings (SSSR count). The third-order valence-electron chi connectivity index (χ3n) is 5.46. The molecule has 33 heavy (non-hydrogen) atoms. The Bertz CT molecular complexity index is 1020. The average Bonchev–Trinajstić information content (AvgIpc) is 2.85. The Labute approximate surface area is 195 Å². The van der Waals surface area contributed by atoms with E-state index in [1.807, 2.05) is 80.6 Å². The van der Waals surface area contributed by atoms with Crippen molar-refractivity contribution in [1.82, 2.24) is 15.2 Å². The van der Waals surface area contributed by atoms with Crippen LogP contribution in [0.3, 0.4) is 0 Å². The van der Waals surface area contributed by atoms with E-state index < -0.39 is 6.04 Å². The van der Waals surface area contributed by atoms with E-state index in [2.05, 4.69) is 10.3 Å². The third-order valence-corrected chi connectivity index (χ3v) is 5.46. The van der Waals surface area contributed by atoms with Gasteiger partial charge in [0.25, 0.3) is 0 Å². The van der Waals surface area contributed by atoms with Crippen LogP contribution >= 0.6 is 0 Å². The van der Waals surface area contributed by atoms with Gasteiger partial charge in [0.15, 0.2) is 0 Å². The van der Waals surface area contributed by atoms with Crippen LogP contribution in [0.1, 0.15) is 30.5 Å². The lowest BCUT2D eigenvalue weighted by Gasteiger charge is -2.33. The van der Waals surface area contributed by atoms with E-state index >= 15 is 0 Å². The van der Waals surface area contributed by atoms with Crippen molar-refractivity contribution in [1.29, 1.82) is 0 Å². The summed E-state index contributed by atoms with van der Waals surface area (Å²) in [4.78, 5) is 32.4. The molecule has 0 aliphatic carbocycles. The fourth-order valence-corrected chi connectivity index (χ4v) is 3.59. The van der Waals surface area contributed by atoms with Crippen LogP contribution in [0.25, 0.3) is 0 Å². The van der Waals surface area contributed by atoms with E-state index in [4.69, 9.17) is 4.74 Å². The van der Waals surface area contributed by atoms with Gasteiger partial charge in [0.1, 0.15) is 11.8 Å². The zero-order valence-electron chi connectivity index (χ0n) is 19.4. The number of amides is 2. The summed E-state index contributed by atoms with van der Waals surface area (Å²) in [5, 5.41) is 3.02. The number of methoxy groups -OCH3 is 1. The predicted molar refractivity (Wildman–Crippen MR) is 128 cm³/mol. The number of rotatable bonds is 10. The maximum absolute atomic E-state index is 13.4. The lowest BCUT2D eigenvalue weighted by molar-refractivity contribution is -0.143. The second kappa shape index (κ2) is 11.8. The first-order chi connectivity index (χ1) is 16.0. The number of hydrogen-bond donors (Lipinski definition) is 1. The van der Waals surface area contributed by atoms with Crippen molar-refractivity contribution >= 4 is 11.8 Å². The molecule has 2 aromatic carbocycles. The zero-order chi connectivity index (χ0) is 23.6. The maximum Gasteiger partial charge on any atom is 0.243 e. The maximum atomic E-state index is 13.4. The number of ether oxygens (including phenoxy) is 1. The second-order valence-corrected chi connectivity index (χ2v) is 8.25. The molecule has 172 valence electrons. The topological polar surface area (TPSA) is 71.5 Å². The fourth-order valence-electron chi connectivity index (χ4n) is 3.59. The Morgan fingerprint density at radius 3 is 2.18 bits per heavy atom. The lowest BCUT2D eigenvalue weighted by Crippen LogP contribution is -2.51. The average molecular weight is 446 g/mol. The van der Waals surface area contributed by atoms with Crippen LogP contribution in [-0.2, 0) is 29.1 Å². The summed E-state index contributed by atoms with van der Waals surface area (Å²) in [6, 6.07) is 20.4. The first kappa shape index (κ1) is 24.0. The number of aromatic nitrogens is 1. The normalized spacial score (nSPS) is 11.6. The smallest absolute Gasteiger partial charge is 0.243 e. The van der Waals surface area contributed by atoms with Gasteiger partial charge in [-0.15, -0.1) is 0 Å². The Hall–Kier alpha value is -3.67. The number of benzene rings is 2. The van der Waals surface area contributed by atoms with Crippen LogP contribution in [0.15, 0.2) is 79.1 Å². The fraction of sp³-hybridized carbons (Fsp3) is 0.296. The molecule has 1 atom stereocenters. The summed E-state index contributed by atoms with van der Waals surface area (Å²) in [5.74, 6) is 0.259. The van der Waals surface area contributed by atoms with Gasteiger partial charge in [-0.3, -0.25) is 14.6 Å². The number of hydrogen-bond acceptors (Lipinski definition) is 4. The van der Waals surface area contributed by atoms with Crippen molar-refractivity contribution in [3.05, 3.63) is 95.8 Å². The number of carbonyl (C=O) groups is 2. The first-order valence-electron chi connectivity index (χ1n) is 11.1. The molecule has 0 bridgehead atoms. The molecular weight excluding hydrogens is 414 g/mol. The van der Waals surface area contributed by atoms with E-state index in [-0.39, 0.29) is 17.7 Å². The van der Waals surface area contributed by atoms with E-state index in [1.165, 1.54) is 0 Å². The highest BCUT2D eigenvalue weighted by atomic mass is 16.5. The predicted octanol–water partition coefficient (Wildman–Crippen LogP) is 4.00. The molecule has 6 heteroatoms. The van der Waals surface area contributed by atoms with Gasteiger partial charge in [0, 0.05) is 37.8 Å². The number of pyridine rings is 1. The van der Waals surface area contributed by atoms with Crippen LogP contribution in [0.4, 0.5) is 0 Å². The van der Waals surface area contributed by atoms with E-state index in [0.29, 0.717) is 19.5 Å². The monoisotopic (exact) mass is 445 g/mol. The van der Waals surface area contributed by atoms with Crippen LogP contribution in [0.2, 0.25) is 0 Å². The van der Waals surface area contributed by atoms with Gasteiger partial charge >= 0.3 is 0 Å². The quantitative estimate of drug-likeness (QED) is 0.512. The summed E-state index contributed by atoms with van der Waals surface area (Å²) in [6.45, 7) is 4.43. The summed E-state index contributed by atoms with van der Waals surface area (Å²) < 4.78 is 5.25. The Morgan fingerprint density at radius 2 is 1.58 bits per heavy atom. The van der Waals surface area contributed by atoms with Crippen molar-refractivity contribution < 1.29 is 14.3 Å². The van der Waals surface area contributed by atoms with Crippen molar-refractivity contribution in [2.75, 3.05) is 7.11 Å². The molecule has 6 nitrogen and oxygen atoms in total. The van der Waals surface area contributed by atoms with Gasteiger partial charge in [0.2, 0.25) is 11.8 Å². The minimum absolute atomic E-state index is 0.0641. The molecule has 3 aromatic rings. The molecule has 0 unspecified atom stereocenters. The second-order valence-electron chi connectivity index (χ2n) is 8.25. The van der Waals surface area contributed by atoms with Crippen molar-refractivity contribution in [3.63, 3.8) is 0 Å². The number of nitrogens with zero attached hydrogens (tertiary/aromatic N) is 2.